The average Bonchev–Trinajstić information content (AvgIpc) is 2.61. The van der Waals surface area contributed by atoms with Gasteiger partial charge in [0.2, 0.25) is 5.91 Å². The van der Waals surface area contributed by atoms with E-state index in [9.17, 15) is 4.79 Å². The topological polar surface area (TPSA) is 68.0 Å². The van der Waals surface area contributed by atoms with Crippen molar-refractivity contribution in [2.45, 2.75) is 32.7 Å². The minimum Gasteiger partial charge on any atom is -0.347 e. The fourth-order valence-electron chi connectivity index (χ4n) is 1.21. The quantitative estimate of drug-likeness (QED) is 0.876. The molecule has 0 bridgehead atoms. The first-order valence-corrected chi connectivity index (χ1v) is 5.93. The third-order valence-electron chi connectivity index (χ3n) is 1.99. The molecule has 4 nitrogen and oxygen atoms in total. The van der Waals surface area contributed by atoms with E-state index in [0.717, 1.165) is 17.1 Å². The molecule has 1 unspecified atom stereocenters. The highest BCUT2D eigenvalue weighted by Crippen LogP contribution is 2.17. The van der Waals surface area contributed by atoms with Gasteiger partial charge in [-0.25, -0.2) is 4.98 Å². The number of hydrogen-bond acceptors (Lipinski definition) is 4. The lowest BCUT2D eigenvalue weighted by molar-refractivity contribution is -0.121. The van der Waals surface area contributed by atoms with E-state index in [2.05, 4.69) is 10.3 Å². The Kier molecular flexibility index (Phi) is 10.8. The Hall–Kier alpha value is -0.360. The van der Waals surface area contributed by atoms with Gasteiger partial charge in [0, 0.05) is 17.5 Å². The molecule has 1 rings (SSSR count). The predicted octanol–water partition coefficient (Wildman–Crippen LogP) is 2.21. The third-order valence-corrected chi connectivity index (χ3v) is 3.14. The van der Waals surface area contributed by atoms with Crippen LogP contribution in [0.4, 0.5) is 0 Å². The molecule has 0 aromatic carbocycles. The van der Waals surface area contributed by atoms with Crippen molar-refractivity contribution >= 4 is 42.1 Å². The summed E-state index contributed by atoms with van der Waals surface area (Å²) in [6, 6.07) is -0.00558. The summed E-state index contributed by atoms with van der Waals surface area (Å²) in [7, 11) is 0. The zero-order chi connectivity index (χ0) is 11.3. The number of hydrogen-bond donors (Lipinski definition) is 2. The average molecular weight is 300 g/mol. The standard InChI is InChI=1S/C10H17N3OS.2ClH/c1-7-6-15-10(12-7)8(2)13-9(14)4-3-5-11;;/h6,8H,3-5,11H2,1-2H3,(H,13,14);2*1H. The van der Waals surface area contributed by atoms with Crippen LogP contribution in [-0.4, -0.2) is 17.4 Å². The lowest BCUT2D eigenvalue weighted by Gasteiger charge is -2.10. The molecule has 0 fully saturated rings. The molecule has 1 aromatic heterocycles. The van der Waals surface area contributed by atoms with Crippen LogP contribution >= 0.6 is 36.2 Å². The van der Waals surface area contributed by atoms with E-state index < -0.39 is 0 Å². The van der Waals surface area contributed by atoms with Gasteiger partial charge in [0.05, 0.1) is 6.04 Å². The molecule has 1 atom stereocenters. The molecule has 1 heterocycles. The van der Waals surface area contributed by atoms with Crippen molar-refractivity contribution < 1.29 is 4.79 Å². The number of amides is 1. The fourth-order valence-corrected chi connectivity index (χ4v) is 2.01. The van der Waals surface area contributed by atoms with E-state index in [4.69, 9.17) is 5.73 Å². The van der Waals surface area contributed by atoms with Crippen LogP contribution in [0, 0.1) is 6.92 Å². The van der Waals surface area contributed by atoms with E-state index in [-0.39, 0.29) is 36.8 Å². The number of aromatic nitrogens is 1. The van der Waals surface area contributed by atoms with E-state index in [1.807, 2.05) is 19.2 Å². The summed E-state index contributed by atoms with van der Waals surface area (Å²) in [6.07, 6.45) is 1.22. The van der Waals surface area contributed by atoms with Crippen LogP contribution in [0.5, 0.6) is 0 Å². The second kappa shape index (κ2) is 9.65. The van der Waals surface area contributed by atoms with E-state index in [1.165, 1.54) is 0 Å². The molecule has 0 saturated heterocycles. The maximum absolute atomic E-state index is 11.4. The van der Waals surface area contributed by atoms with Gasteiger partial charge in [0.25, 0.3) is 0 Å². The largest absolute Gasteiger partial charge is 0.347 e. The van der Waals surface area contributed by atoms with E-state index in [0.29, 0.717) is 13.0 Å². The summed E-state index contributed by atoms with van der Waals surface area (Å²) in [4.78, 5) is 15.7. The minimum atomic E-state index is -0.00558. The highest BCUT2D eigenvalue weighted by molar-refractivity contribution is 7.09. The van der Waals surface area contributed by atoms with Crippen molar-refractivity contribution in [1.29, 1.82) is 0 Å². The van der Waals surface area contributed by atoms with Gasteiger partial charge in [-0.15, -0.1) is 36.2 Å². The van der Waals surface area contributed by atoms with Crippen LogP contribution in [0.2, 0.25) is 0 Å². The summed E-state index contributed by atoms with van der Waals surface area (Å²) in [5.74, 6) is 0.0424. The van der Waals surface area contributed by atoms with Crippen LogP contribution < -0.4 is 11.1 Å². The molecule has 0 aliphatic carbocycles. The first kappa shape index (κ1) is 19.0. The Morgan fingerprint density at radius 1 is 1.59 bits per heavy atom. The molecular weight excluding hydrogens is 281 g/mol. The van der Waals surface area contributed by atoms with Gasteiger partial charge in [-0.2, -0.15) is 0 Å². The van der Waals surface area contributed by atoms with Crippen LogP contribution in [0.25, 0.3) is 0 Å². The molecule has 7 heteroatoms. The molecule has 100 valence electrons. The number of halogens is 2. The number of thiazole rings is 1. The lowest BCUT2D eigenvalue weighted by Crippen LogP contribution is -2.26. The van der Waals surface area contributed by atoms with Crippen molar-refractivity contribution in [2.75, 3.05) is 6.54 Å². The van der Waals surface area contributed by atoms with Crippen LogP contribution in [0.1, 0.15) is 36.5 Å². The van der Waals surface area contributed by atoms with Crippen molar-refractivity contribution in [2.24, 2.45) is 5.73 Å². The van der Waals surface area contributed by atoms with Crippen molar-refractivity contribution in [1.82, 2.24) is 10.3 Å². The fraction of sp³-hybridized carbons (Fsp3) is 0.600. The predicted molar refractivity (Wildman–Crippen MR) is 76.2 cm³/mol. The van der Waals surface area contributed by atoms with Crippen molar-refractivity contribution in [3.63, 3.8) is 0 Å². The van der Waals surface area contributed by atoms with Gasteiger partial charge in [-0.3, -0.25) is 4.79 Å². The second-order valence-electron chi connectivity index (χ2n) is 3.51. The highest BCUT2D eigenvalue weighted by atomic mass is 35.5. The third kappa shape index (κ3) is 6.83. The van der Waals surface area contributed by atoms with Crippen LogP contribution in [0.15, 0.2) is 5.38 Å². The number of aryl methyl sites for hydroxylation is 1. The van der Waals surface area contributed by atoms with Crippen molar-refractivity contribution in [3.05, 3.63) is 16.1 Å². The number of carbonyl (C=O) groups excluding carboxylic acids is 1. The molecule has 0 saturated carbocycles. The van der Waals surface area contributed by atoms with Gasteiger partial charge in [-0.1, -0.05) is 0 Å². The molecule has 0 aliphatic heterocycles. The molecule has 1 aromatic rings. The molecule has 0 aliphatic rings. The number of nitrogens with two attached hydrogens (primary N) is 1. The molecule has 0 radical (unpaired) electrons. The Bertz CT molecular complexity index is 333. The summed E-state index contributed by atoms with van der Waals surface area (Å²) < 4.78 is 0. The Morgan fingerprint density at radius 3 is 2.71 bits per heavy atom. The monoisotopic (exact) mass is 299 g/mol. The SMILES string of the molecule is Cc1csc(C(C)NC(=O)CCCN)n1.Cl.Cl. The molecule has 17 heavy (non-hydrogen) atoms. The first-order chi connectivity index (χ1) is 7.13. The zero-order valence-electron chi connectivity index (χ0n) is 9.93. The Balaban J connectivity index is 0. The lowest BCUT2D eigenvalue weighted by atomic mass is 10.2. The molecule has 1 amide bonds. The maximum atomic E-state index is 11.4. The number of carbonyl (C=O) groups is 1. The first-order valence-electron chi connectivity index (χ1n) is 5.05. The molecule has 3 N–H and O–H groups in total. The Labute approximate surface area is 118 Å². The Morgan fingerprint density at radius 2 is 2.24 bits per heavy atom. The van der Waals surface area contributed by atoms with Gasteiger partial charge >= 0.3 is 0 Å². The van der Waals surface area contributed by atoms with E-state index in [1.54, 1.807) is 11.3 Å². The smallest absolute Gasteiger partial charge is 0.220 e. The maximum Gasteiger partial charge on any atom is 0.220 e. The zero-order valence-corrected chi connectivity index (χ0v) is 12.4. The summed E-state index contributed by atoms with van der Waals surface area (Å²) in [5, 5.41) is 5.83. The number of nitrogens with one attached hydrogen (secondary N) is 1. The van der Waals surface area contributed by atoms with Crippen LogP contribution in [-0.2, 0) is 4.79 Å². The van der Waals surface area contributed by atoms with Gasteiger partial charge in [0.1, 0.15) is 5.01 Å². The molecular formula is C10H19Cl2N3OS. The number of rotatable bonds is 5. The summed E-state index contributed by atoms with van der Waals surface area (Å²) >= 11 is 1.57. The number of nitrogens with zero attached hydrogens (tertiary/aromatic N) is 1. The van der Waals surface area contributed by atoms with Gasteiger partial charge in [0.15, 0.2) is 0 Å². The summed E-state index contributed by atoms with van der Waals surface area (Å²) in [5.41, 5.74) is 6.33. The minimum absolute atomic E-state index is 0. The van der Waals surface area contributed by atoms with Gasteiger partial charge < -0.3 is 11.1 Å². The second-order valence-corrected chi connectivity index (χ2v) is 4.40. The van der Waals surface area contributed by atoms with Gasteiger partial charge in [-0.05, 0) is 26.8 Å². The normalized spacial score (nSPS) is 11.0. The van der Waals surface area contributed by atoms with Crippen LogP contribution in [0.3, 0.4) is 0 Å². The summed E-state index contributed by atoms with van der Waals surface area (Å²) in [6.45, 7) is 4.44. The highest BCUT2D eigenvalue weighted by Gasteiger charge is 2.11. The van der Waals surface area contributed by atoms with E-state index >= 15 is 0 Å². The molecule has 0 spiro atoms. The van der Waals surface area contributed by atoms with Crippen molar-refractivity contribution in [3.8, 4) is 0 Å².